The Balaban J connectivity index is 2.37. The van der Waals surface area contributed by atoms with E-state index in [4.69, 9.17) is 4.74 Å². The number of nitrogens with zero attached hydrogens (tertiary/aromatic N) is 1. The van der Waals surface area contributed by atoms with E-state index in [1.54, 1.807) is 11.8 Å². The third kappa shape index (κ3) is 2.93. The molecule has 1 heterocycles. The maximum Gasteiger partial charge on any atom is 0.248 e. The molecule has 0 atom stereocenters. The smallest absolute Gasteiger partial charge is 0.248 e. The Hall–Kier alpha value is -0.510. The minimum absolute atomic E-state index is 0.0487. The topological polar surface area (TPSA) is 38.7 Å². The maximum atomic E-state index is 10.8. The number of ether oxygens (including phenoxy) is 1. The zero-order chi connectivity index (χ0) is 8.10. The Kier molecular flexibility index (Phi) is 3.42. The molecule has 1 amide bonds. The molecule has 62 valence electrons. The van der Waals surface area contributed by atoms with Crippen molar-refractivity contribution in [1.29, 1.82) is 0 Å². The van der Waals surface area contributed by atoms with Gasteiger partial charge in [0.25, 0.3) is 0 Å². The molecule has 0 N–H and O–H groups in total. The molecule has 11 heavy (non-hydrogen) atoms. The lowest BCUT2D eigenvalue weighted by Crippen LogP contribution is -2.13. The molecule has 1 rings (SSSR count). The van der Waals surface area contributed by atoms with Crippen molar-refractivity contribution in [3.05, 3.63) is 0 Å². The third-order valence-corrected chi connectivity index (χ3v) is 1.73. The molecule has 1 aliphatic rings. The van der Waals surface area contributed by atoms with Gasteiger partial charge in [-0.2, -0.15) is 4.99 Å². The van der Waals surface area contributed by atoms with Gasteiger partial charge in [0.15, 0.2) is 5.90 Å². The second-order valence-electron chi connectivity index (χ2n) is 2.30. The van der Waals surface area contributed by atoms with Crippen molar-refractivity contribution in [3.8, 4) is 0 Å². The Morgan fingerprint density at radius 3 is 3.09 bits per heavy atom. The molecule has 0 unspecified atom stereocenters. The third-order valence-electron chi connectivity index (χ3n) is 1.37. The van der Waals surface area contributed by atoms with E-state index >= 15 is 0 Å². The van der Waals surface area contributed by atoms with E-state index in [0.29, 0.717) is 18.3 Å². The summed E-state index contributed by atoms with van der Waals surface area (Å²) >= 11 is 1.58. The van der Waals surface area contributed by atoms with E-state index in [2.05, 4.69) is 4.99 Å². The summed E-state index contributed by atoms with van der Waals surface area (Å²) in [5.74, 6) is 1.15. The number of hydrogen-bond donors (Lipinski definition) is 0. The summed E-state index contributed by atoms with van der Waals surface area (Å²) in [6.45, 7) is 0. The number of rotatable bonds is 2. The molecule has 1 aliphatic heterocycles. The first-order chi connectivity index (χ1) is 5.33. The van der Waals surface area contributed by atoms with Gasteiger partial charge in [-0.1, -0.05) is 0 Å². The summed E-state index contributed by atoms with van der Waals surface area (Å²) in [6, 6.07) is 0. The molecule has 0 aliphatic carbocycles. The average molecular weight is 173 g/mol. The number of carbonyl (C=O) groups is 1. The lowest BCUT2D eigenvalue weighted by molar-refractivity contribution is -0.118. The van der Waals surface area contributed by atoms with Crippen LogP contribution in [0.15, 0.2) is 4.99 Å². The van der Waals surface area contributed by atoms with Gasteiger partial charge in [0.2, 0.25) is 5.91 Å². The molecule has 4 heteroatoms. The number of amides is 1. The second-order valence-corrected chi connectivity index (χ2v) is 3.12. The molecule has 0 fully saturated rings. The molecule has 0 radical (unpaired) electrons. The maximum absolute atomic E-state index is 10.8. The van der Waals surface area contributed by atoms with Gasteiger partial charge in [-0.25, -0.2) is 0 Å². The fourth-order valence-corrected chi connectivity index (χ4v) is 1.13. The summed E-state index contributed by atoms with van der Waals surface area (Å²) in [7, 11) is 0. The average Bonchev–Trinajstić information content (AvgIpc) is 2.01. The number of hydrogen-bond acceptors (Lipinski definition) is 3. The van der Waals surface area contributed by atoms with E-state index in [0.717, 1.165) is 12.8 Å². The van der Waals surface area contributed by atoms with Crippen LogP contribution >= 0.6 is 11.8 Å². The minimum Gasteiger partial charge on any atom is -0.470 e. The molecule has 0 aromatic rings. The van der Waals surface area contributed by atoms with Crippen molar-refractivity contribution in [2.24, 2.45) is 4.99 Å². The number of thioether (sulfide) groups is 1. The zero-order valence-corrected chi connectivity index (χ0v) is 7.32. The fourth-order valence-electron chi connectivity index (χ4n) is 0.873. The summed E-state index contributed by atoms with van der Waals surface area (Å²) < 4.78 is 5.19. The lowest BCUT2D eigenvalue weighted by atomic mass is 10.2. The van der Waals surface area contributed by atoms with Crippen molar-refractivity contribution >= 4 is 23.6 Å². The fraction of sp³-hybridized carbons (Fsp3) is 0.714. The van der Waals surface area contributed by atoms with Crippen LogP contribution in [0.25, 0.3) is 0 Å². The van der Waals surface area contributed by atoms with E-state index < -0.39 is 0 Å². The number of carbonyl (C=O) groups excluding carboxylic acids is 1. The summed E-state index contributed by atoms with van der Waals surface area (Å²) in [5.41, 5.74) is 0. The molecule has 0 spiro atoms. The van der Waals surface area contributed by atoms with Gasteiger partial charge in [0.05, 0.1) is 0 Å². The van der Waals surface area contributed by atoms with Crippen LogP contribution < -0.4 is 0 Å². The van der Waals surface area contributed by atoms with Gasteiger partial charge < -0.3 is 4.74 Å². The Morgan fingerprint density at radius 1 is 1.64 bits per heavy atom. The largest absolute Gasteiger partial charge is 0.470 e. The second kappa shape index (κ2) is 4.38. The highest BCUT2D eigenvalue weighted by Crippen LogP contribution is 2.09. The standard InChI is InChI=1S/C7H11NO2S/c1-11-5-10-7-4-2-3-6(9)8-7/h2-5H2,1H3. The first-order valence-electron chi connectivity index (χ1n) is 3.55. The summed E-state index contributed by atoms with van der Waals surface area (Å²) in [4.78, 5) is 14.5. The highest BCUT2D eigenvalue weighted by atomic mass is 32.2. The van der Waals surface area contributed by atoms with Crippen LogP contribution in [0.3, 0.4) is 0 Å². The van der Waals surface area contributed by atoms with Crippen LogP contribution in [-0.2, 0) is 9.53 Å². The molecular weight excluding hydrogens is 162 g/mol. The summed E-state index contributed by atoms with van der Waals surface area (Å²) in [6.07, 6.45) is 4.22. The molecular formula is C7H11NO2S. The van der Waals surface area contributed by atoms with Gasteiger partial charge in [0, 0.05) is 12.8 Å². The van der Waals surface area contributed by atoms with E-state index in [9.17, 15) is 4.79 Å². The summed E-state index contributed by atoms with van der Waals surface area (Å²) in [5, 5.41) is 0. The van der Waals surface area contributed by atoms with Gasteiger partial charge in [0.1, 0.15) is 5.94 Å². The molecule has 0 aromatic heterocycles. The van der Waals surface area contributed by atoms with Crippen LogP contribution in [0, 0.1) is 0 Å². The first-order valence-corrected chi connectivity index (χ1v) is 4.94. The molecule has 0 saturated carbocycles. The normalized spacial score (nSPS) is 17.9. The molecule has 0 aromatic carbocycles. The lowest BCUT2D eigenvalue weighted by Gasteiger charge is -2.10. The predicted molar refractivity (Wildman–Crippen MR) is 45.8 cm³/mol. The Labute approximate surface area is 70.2 Å². The van der Waals surface area contributed by atoms with Crippen molar-refractivity contribution in [2.75, 3.05) is 12.2 Å². The quantitative estimate of drug-likeness (QED) is 0.593. The minimum atomic E-state index is -0.0487. The predicted octanol–water partition coefficient (Wildman–Crippen LogP) is 1.43. The van der Waals surface area contributed by atoms with Gasteiger partial charge in [-0.15, -0.1) is 11.8 Å². The van der Waals surface area contributed by atoms with Gasteiger partial charge in [-0.3, -0.25) is 4.79 Å². The monoisotopic (exact) mass is 173 g/mol. The van der Waals surface area contributed by atoms with Crippen LogP contribution in [0.1, 0.15) is 19.3 Å². The van der Waals surface area contributed by atoms with Crippen molar-refractivity contribution in [1.82, 2.24) is 0 Å². The van der Waals surface area contributed by atoms with Gasteiger partial charge >= 0.3 is 0 Å². The number of aliphatic imine (C=N–C) groups is 1. The van der Waals surface area contributed by atoms with Crippen LogP contribution in [0.5, 0.6) is 0 Å². The molecule has 0 bridgehead atoms. The van der Waals surface area contributed by atoms with E-state index in [1.807, 2.05) is 6.26 Å². The van der Waals surface area contributed by atoms with E-state index in [1.165, 1.54) is 0 Å². The Bertz CT molecular complexity index is 179. The van der Waals surface area contributed by atoms with Crippen molar-refractivity contribution in [2.45, 2.75) is 19.3 Å². The highest BCUT2D eigenvalue weighted by molar-refractivity contribution is 7.98. The molecule has 0 saturated heterocycles. The van der Waals surface area contributed by atoms with Crippen molar-refractivity contribution < 1.29 is 9.53 Å². The van der Waals surface area contributed by atoms with Crippen LogP contribution in [0.2, 0.25) is 0 Å². The first kappa shape index (κ1) is 8.59. The van der Waals surface area contributed by atoms with Crippen LogP contribution in [-0.4, -0.2) is 24.0 Å². The van der Waals surface area contributed by atoms with E-state index in [-0.39, 0.29) is 5.91 Å². The van der Waals surface area contributed by atoms with Crippen molar-refractivity contribution in [3.63, 3.8) is 0 Å². The Morgan fingerprint density at radius 2 is 2.45 bits per heavy atom. The zero-order valence-electron chi connectivity index (χ0n) is 6.50. The SMILES string of the molecule is CSCOC1=NC(=O)CCC1. The molecule has 3 nitrogen and oxygen atoms in total. The van der Waals surface area contributed by atoms with Gasteiger partial charge in [-0.05, 0) is 12.7 Å². The highest BCUT2D eigenvalue weighted by Gasteiger charge is 2.11. The van der Waals surface area contributed by atoms with Crippen LogP contribution in [0.4, 0.5) is 0 Å².